The molecule has 284 valence electrons. The van der Waals surface area contributed by atoms with Gasteiger partial charge in [0.2, 0.25) is 0 Å². The predicted molar refractivity (Wildman–Crippen MR) is 254 cm³/mol. The summed E-state index contributed by atoms with van der Waals surface area (Å²) in [6.07, 6.45) is 0. The van der Waals surface area contributed by atoms with Gasteiger partial charge in [-0.2, -0.15) is 0 Å². The fourth-order valence-electron chi connectivity index (χ4n) is 10.9. The number of anilines is 3. The molecule has 1 nitrogen and oxygen atoms in total. The van der Waals surface area contributed by atoms with Crippen molar-refractivity contribution in [3.05, 3.63) is 246 Å². The number of nitrogens with zero attached hydrogens (tertiary/aromatic N) is 1. The van der Waals surface area contributed by atoms with Crippen LogP contribution in [0.2, 0.25) is 0 Å². The van der Waals surface area contributed by atoms with E-state index in [-0.39, 0.29) is 5.41 Å². The van der Waals surface area contributed by atoms with Gasteiger partial charge in [-0.3, -0.25) is 0 Å². The summed E-state index contributed by atoms with van der Waals surface area (Å²) in [6, 6.07) is 79.3. The molecule has 0 atom stereocenters. The summed E-state index contributed by atoms with van der Waals surface area (Å²) in [7, 11) is 0. The fourth-order valence-corrected chi connectivity index (χ4v) is 12.0. The van der Waals surface area contributed by atoms with Gasteiger partial charge in [-0.15, -0.1) is 11.3 Å². The zero-order valence-electron chi connectivity index (χ0n) is 33.6. The lowest BCUT2D eigenvalue weighted by Crippen LogP contribution is -2.28. The van der Waals surface area contributed by atoms with Crippen molar-refractivity contribution in [2.75, 3.05) is 4.90 Å². The molecule has 9 aromatic carbocycles. The van der Waals surface area contributed by atoms with Crippen molar-refractivity contribution in [1.29, 1.82) is 0 Å². The van der Waals surface area contributed by atoms with Gasteiger partial charge >= 0.3 is 0 Å². The zero-order valence-corrected chi connectivity index (χ0v) is 34.4. The monoisotopic (exact) mass is 783 g/mol. The highest BCUT2D eigenvalue weighted by molar-refractivity contribution is 7.26. The summed E-state index contributed by atoms with van der Waals surface area (Å²) in [6.45, 7) is 4.79. The van der Waals surface area contributed by atoms with Gasteiger partial charge in [-0.05, 0) is 97.6 Å². The van der Waals surface area contributed by atoms with E-state index in [1.807, 2.05) is 11.3 Å². The third-order valence-corrected chi connectivity index (χ3v) is 14.5. The second-order valence-corrected chi connectivity index (χ2v) is 17.8. The van der Waals surface area contributed by atoms with Gasteiger partial charge in [0.25, 0.3) is 0 Å². The van der Waals surface area contributed by atoms with Crippen LogP contribution in [0.3, 0.4) is 0 Å². The van der Waals surface area contributed by atoms with Crippen molar-refractivity contribution in [3.63, 3.8) is 0 Å². The Morgan fingerprint density at radius 1 is 0.383 bits per heavy atom. The van der Waals surface area contributed by atoms with E-state index in [0.717, 1.165) is 11.4 Å². The van der Waals surface area contributed by atoms with Crippen LogP contribution in [-0.2, 0) is 10.8 Å². The topological polar surface area (TPSA) is 3.24 Å². The molecule has 2 aliphatic rings. The van der Waals surface area contributed by atoms with E-state index in [9.17, 15) is 0 Å². The Morgan fingerprint density at radius 3 is 1.65 bits per heavy atom. The standard InChI is InChI=1S/C58H41NS/c1-57(2)48-29-13-9-24-42(48)45-27-17-28-46(56(45)57)44-25-11-15-31-51(44)59(52-32-18-34-54-55(52)47-26-12-16-33-53(47)60-54)40-35-36-43-41-23-10-14-30-49(41)58(50(43)37-40,38-19-5-3-6-20-38)39-21-7-4-8-22-39/h3-37H,1-2H3. The van der Waals surface area contributed by atoms with Gasteiger partial charge in [0.05, 0.1) is 16.8 Å². The van der Waals surface area contributed by atoms with Gasteiger partial charge in [-0.25, -0.2) is 0 Å². The fraction of sp³-hybridized carbons (Fsp3) is 0.0690. The molecule has 0 amide bonds. The highest BCUT2D eigenvalue weighted by atomic mass is 32.1. The summed E-state index contributed by atoms with van der Waals surface area (Å²) in [4.78, 5) is 2.56. The largest absolute Gasteiger partial charge is 0.309 e. The summed E-state index contributed by atoms with van der Waals surface area (Å²) in [5.41, 5.74) is 18.4. The Kier molecular flexibility index (Phi) is 7.73. The number of rotatable bonds is 6. The maximum atomic E-state index is 2.56. The van der Waals surface area contributed by atoms with Crippen LogP contribution in [0.5, 0.6) is 0 Å². The molecule has 0 aliphatic heterocycles. The van der Waals surface area contributed by atoms with Crippen LogP contribution in [0.1, 0.15) is 47.2 Å². The van der Waals surface area contributed by atoms with Crippen LogP contribution < -0.4 is 4.90 Å². The van der Waals surface area contributed by atoms with Gasteiger partial charge in [-0.1, -0.05) is 190 Å². The molecule has 10 aromatic rings. The molecule has 0 radical (unpaired) electrons. The van der Waals surface area contributed by atoms with Crippen molar-refractivity contribution in [3.8, 4) is 33.4 Å². The van der Waals surface area contributed by atoms with E-state index >= 15 is 0 Å². The second kappa shape index (κ2) is 13.3. The Hall–Kier alpha value is -7.00. The van der Waals surface area contributed by atoms with E-state index in [2.05, 4.69) is 231 Å². The van der Waals surface area contributed by atoms with Gasteiger partial charge < -0.3 is 4.90 Å². The van der Waals surface area contributed by atoms with Crippen LogP contribution in [-0.4, -0.2) is 0 Å². The molecule has 0 N–H and O–H groups in total. The molecule has 60 heavy (non-hydrogen) atoms. The Labute approximate surface area is 355 Å². The molecular formula is C58H41NS. The maximum Gasteiger partial charge on any atom is 0.0714 e. The summed E-state index contributed by atoms with van der Waals surface area (Å²) in [5.74, 6) is 0. The minimum atomic E-state index is -0.521. The first-order chi connectivity index (χ1) is 29.5. The summed E-state index contributed by atoms with van der Waals surface area (Å²) >= 11 is 1.87. The first kappa shape index (κ1) is 35.0. The number of hydrogen-bond donors (Lipinski definition) is 0. The maximum absolute atomic E-state index is 2.56. The van der Waals surface area contributed by atoms with Crippen LogP contribution in [0.15, 0.2) is 212 Å². The average molecular weight is 784 g/mol. The molecule has 2 aliphatic carbocycles. The van der Waals surface area contributed by atoms with Gasteiger partial charge in [0.15, 0.2) is 0 Å². The first-order valence-corrected chi connectivity index (χ1v) is 21.8. The molecule has 0 fully saturated rings. The van der Waals surface area contributed by atoms with Crippen LogP contribution in [0.4, 0.5) is 17.1 Å². The molecule has 2 heteroatoms. The predicted octanol–water partition coefficient (Wildman–Crippen LogP) is 15.9. The van der Waals surface area contributed by atoms with E-state index < -0.39 is 5.41 Å². The van der Waals surface area contributed by atoms with E-state index in [0.29, 0.717) is 0 Å². The van der Waals surface area contributed by atoms with Crippen molar-refractivity contribution in [2.45, 2.75) is 24.7 Å². The lowest BCUT2D eigenvalue weighted by atomic mass is 9.67. The Balaban J connectivity index is 1.18. The zero-order chi connectivity index (χ0) is 40.0. The third kappa shape index (κ3) is 4.86. The van der Waals surface area contributed by atoms with E-state index in [1.165, 1.54) is 92.6 Å². The van der Waals surface area contributed by atoms with Crippen LogP contribution >= 0.6 is 11.3 Å². The number of para-hydroxylation sites is 1. The molecular weight excluding hydrogens is 743 g/mol. The summed E-state index contributed by atoms with van der Waals surface area (Å²) in [5, 5.41) is 2.56. The number of benzene rings is 9. The molecule has 0 saturated heterocycles. The van der Waals surface area contributed by atoms with E-state index in [1.54, 1.807) is 0 Å². The Bertz CT molecular complexity index is 3260. The summed E-state index contributed by atoms with van der Waals surface area (Å²) < 4.78 is 2.58. The third-order valence-electron chi connectivity index (χ3n) is 13.3. The number of thiophene rings is 1. The minimum Gasteiger partial charge on any atom is -0.309 e. The number of hydrogen-bond acceptors (Lipinski definition) is 2. The van der Waals surface area contributed by atoms with Gasteiger partial charge in [0.1, 0.15) is 0 Å². The van der Waals surface area contributed by atoms with Crippen molar-refractivity contribution in [1.82, 2.24) is 0 Å². The lowest BCUT2D eigenvalue weighted by Gasteiger charge is -2.35. The molecule has 0 spiro atoms. The van der Waals surface area contributed by atoms with Crippen LogP contribution in [0, 0.1) is 0 Å². The average Bonchev–Trinajstić information content (AvgIpc) is 3.91. The highest BCUT2D eigenvalue weighted by Gasteiger charge is 2.46. The van der Waals surface area contributed by atoms with Crippen molar-refractivity contribution < 1.29 is 0 Å². The highest BCUT2D eigenvalue weighted by Crippen LogP contribution is 2.59. The molecule has 12 rings (SSSR count). The smallest absolute Gasteiger partial charge is 0.0714 e. The van der Waals surface area contributed by atoms with Crippen molar-refractivity contribution in [2.24, 2.45) is 0 Å². The Morgan fingerprint density at radius 2 is 0.900 bits per heavy atom. The van der Waals surface area contributed by atoms with Crippen LogP contribution in [0.25, 0.3) is 53.6 Å². The quantitative estimate of drug-likeness (QED) is 0.162. The van der Waals surface area contributed by atoms with Crippen molar-refractivity contribution >= 4 is 48.6 Å². The number of fused-ring (bicyclic) bond motifs is 9. The SMILES string of the molecule is CC1(C)c2ccccc2-c2cccc(-c3ccccc3N(c3ccc4c(c3)C(c3ccccc3)(c3ccccc3)c3ccccc3-4)c3cccc4sc5ccccc5c34)c21. The second-order valence-electron chi connectivity index (χ2n) is 16.8. The molecule has 0 unspecified atom stereocenters. The molecule has 1 aromatic heterocycles. The molecule has 1 heterocycles. The van der Waals surface area contributed by atoms with Gasteiger partial charge in [0, 0.05) is 36.8 Å². The molecule has 0 saturated carbocycles. The van der Waals surface area contributed by atoms with E-state index in [4.69, 9.17) is 0 Å². The normalized spacial score (nSPS) is 14.1. The lowest BCUT2D eigenvalue weighted by molar-refractivity contribution is 0.662. The molecule has 0 bridgehead atoms. The first-order valence-electron chi connectivity index (χ1n) is 20.9. The minimum absolute atomic E-state index is 0.172.